The fourth-order valence-corrected chi connectivity index (χ4v) is 1.21. The summed E-state index contributed by atoms with van der Waals surface area (Å²) in [4.78, 5) is 0. The van der Waals surface area contributed by atoms with Crippen molar-refractivity contribution in [3.63, 3.8) is 0 Å². The topological polar surface area (TPSA) is 62.1 Å². The standard InChI is InChI=1S/C9H23N4/c1-2-3-4-5-6-7-8-9-11-13-12-10/h2,11-13H,3-10H2,1H3. The zero-order valence-electron chi connectivity index (χ0n) is 8.60. The molecule has 0 aliphatic heterocycles. The van der Waals surface area contributed by atoms with Crippen LogP contribution in [0.3, 0.4) is 0 Å². The summed E-state index contributed by atoms with van der Waals surface area (Å²) in [6.45, 7) is 3.08. The number of hydrogen-bond donors (Lipinski definition) is 4. The van der Waals surface area contributed by atoms with Gasteiger partial charge in [-0.1, -0.05) is 39.0 Å². The van der Waals surface area contributed by atoms with E-state index in [-0.39, 0.29) is 0 Å². The minimum Gasteiger partial charge on any atom is -0.257 e. The van der Waals surface area contributed by atoms with Crippen LogP contribution >= 0.6 is 0 Å². The maximum Gasteiger partial charge on any atom is 0.0113 e. The van der Waals surface area contributed by atoms with Gasteiger partial charge in [-0.25, -0.2) is 5.43 Å². The molecular weight excluding hydrogens is 164 g/mol. The molecule has 79 valence electrons. The van der Waals surface area contributed by atoms with Gasteiger partial charge in [-0.3, -0.25) is 5.84 Å². The lowest BCUT2D eigenvalue weighted by atomic mass is 10.1. The Morgan fingerprint density at radius 3 is 2.46 bits per heavy atom. The maximum absolute atomic E-state index is 5.00. The van der Waals surface area contributed by atoms with Crippen molar-refractivity contribution in [1.82, 2.24) is 16.5 Å². The van der Waals surface area contributed by atoms with Crippen molar-refractivity contribution in [2.75, 3.05) is 6.54 Å². The Balaban J connectivity index is 2.76. The van der Waals surface area contributed by atoms with Gasteiger partial charge in [0.1, 0.15) is 0 Å². The molecule has 0 rings (SSSR count). The third-order valence-corrected chi connectivity index (χ3v) is 1.96. The quantitative estimate of drug-likeness (QED) is 0.234. The van der Waals surface area contributed by atoms with Crippen molar-refractivity contribution >= 4 is 0 Å². The highest BCUT2D eigenvalue weighted by Gasteiger charge is 1.89. The highest BCUT2D eigenvalue weighted by Crippen LogP contribution is 2.05. The predicted octanol–water partition coefficient (Wildman–Crippen LogP) is 1.02. The molecule has 0 aromatic rings. The van der Waals surface area contributed by atoms with E-state index >= 15 is 0 Å². The summed E-state index contributed by atoms with van der Waals surface area (Å²) in [6.07, 6.45) is 10.0. The van der Waals surface area contributed by atoms with E-state index < -0.39 is 0 Å². The second kappa shape index (κ2) is 11.8. The van der Waals surface area contributed by atoms with Crippen molar-refractivity contribution in [2.45, 2.75) is 45.4 Å². The average Bonchev–Trinajstić information content (AvgIpc) is 2.16. The molecule has 1 radical (unpaired) electrons. The largest absolute Gasteiger partial charge is 0.257 e. The molecular formula is C9H23N4. The van der Waals surface area contributed by atoms with Crippen LogP contribution in [0.2, 0.25) is 0 Å². The second-order valence-corrected chi connectivity index (χ2v) is 3.16. The summed E-state index contributed by atoms with van der Waals surface area (Å²) < 4.78 is 0. The Kier molecular flexibility index (Phi) is 11.7. The summed E-state index contributed by atoms with van der Waals surface area (Å²) >= 11 is 0. The fourth-order valence-electron chi connectivity index (χ4n) is 1.21. The SMILES string of the molecule is C[CH]CCCCCCCNNNN. The molecule has 0 heterocycles. The van der Waals surface area contributed by atoms with Gasteiger partial charge in [0.2, 0.25) is 0 Å². The Morgan fingerprint density at radius 2 is 1.77 bits per heavy atom. The zero-order chi connectivity index (χ0) is 9.78. The first kappa shape index (κ1) is 12.8. The molecule has 0 atom stereocenters. The first-order valence-electron chi connectivity index (χ1n) is 5.13. The Hall–Kier alpha value is -0.160. The van der Waals surface area contributed by atoms with Crippen LogP contribution in [0.25, 0.3) is 0 Å². The van der Waals surface area contributed by atoms with Gasteiger partial charge in [0.05, 0.1) is 0 Å². The van der Waals surface area contributed by atoms with Crippen molar-refractivity contribution in [1.29, 1.82) is 0 Å². The molecule has 0 bridgehead atoms. The number of hydrazine groups is 3. The number of nitrogens with one attached hydrogen (secondary N) is 3. The van der Waals surface area contributed by atoms with E-state index in [0.717, 1.165) is 6.54 Å². The minimum absolute atomic E-state index is 0.962. The lowest BCUT2D eigenvalue weighted by Gasteiger charge is -2.04. The molecule has 0 amide bonds. The van der Waals surface area contributed by atoms with Crippen LogP contribution in [0.5, 0.6) is 0 Å². The van der Waals surface area contributed by atoms with E-state index in [2.05, 4.69) is 29.8 Å². The first-order chi connectivity index (χ1) is 6.41. The van der Waals surface area contributed by atoms with E-state index in [1.807, 2.05) is 0 Å². The van der Waals surface area contributed by atoms with Crippen LogP contribution in [0.4, 0.5) is 0 Å². The first-order valence-corrected chi connectivity index (χ1v) is 5.13. The van der Waals surface area contributed by atoms with Gasteiger partial charge in [0.25, 0.3) is 0 Å². The Bertz CT molecular complexity index is 77.7. The van der Waals surface area contributed by atoms with E-state index in [1.165, 1.54) is 38.5 Å². The molecule has 0 unspecified atom stereocenters. The number of nitrogens with two attached hydrogens (primary N) is 1. The number of unbranched alkanes of at least 4 members (excludes halogenated alkanes) is 6. The van der Waals surface area contributed by atoms with Gasteiger partial charge < -0.3 is 0 Å². The molecule has 4 nitrogen and oxygen atoms in total. The van der Waals surface area contributed by atoms with E-state index in [9.17, 15) is 0 Å². The fraction of sp³-hybridized carbons (Fsp3) is 0.889. The lowest BCUT2D eigenvalue weighted by Crippen LogP contribution is -2.47. The number of hydrogen-bond acceptors (Lipinski definition) is 4. The molecule has 0 aliphatic carbocycles. The van der Waals surface area contributed by atoms with Crippen molar-refractivity contribution in [3.8, 4) is 0 Å². The lowest BCUT2D eigenvalue weighted by molar-refractivity contribution is 0.432. The molecule has 4 heteroatoms. The van der Waals surface area contributed by atoms with E-state index in [0.29, 0.717) is 0 Å². The summed E-state index contributed by atoms with van der Waals surface area (Å²) in [5, 5.41) is 0. The van der Waals surface area contributed by atoms with Crippen LogP contribution in [0, 0.1) is 6.42 Å². The van der Waals surface area contributed by atoms with E-state index in [4.69, 9.17) is 5.84 Å². The van der Waals surface area contributed by atoms with Gasteiger partial charge in [-0.15, -0.1) is 0 Å². The van der Waals surface area contributed by atoms with E-state index in [1.54, 1.807) is 0 Å². The molecule has 0 saturated carbocycles. The normalized spacial score (nSPS) is 10.6. The van der Waals surface area contributed by atoms with Crippen LogP contribution in [-0.2, 0) is 0 Å². The zero-order valence-corrected chi connectivity index (χ0v) is 8.60. The molecule has 0 spiro atoms. The molecule has 13 heavy (non-hydrogen) atoms. The predicted molar refractivity (Wildman–Crippen MR) is 56.1 cm³/mol. The van der Waals surface area contributed by atoms with Gasteiger partial charge in [-0.05, 0) is 12.8 Å². The van der Waals surface area contributed by atoms with Gasteiger partial charge in [-0.2, -0.15) is 11.1 Å². The highest BCUT2D eigenvalue weighted by molar-refractivity contribution is 4.55. The Labute approximate surface area is 81.6 Å². The molecule has 0 fully saturated rings. The summed E-state index contributed by atoms with van der Waals surface area (Å²) in [7, 11) is 0. The molecule has 0 saturated heterocycles. The van der Waals surface area contributed by atoms with Crippen molar-refractivity contribution in [3.05, 3.63) is 6.42 Å². The van der Waals surface area contributed by atoms with Crippen LogP contribution in [0.1, 0.15) is 45.4 Å². The van der Waals surface area contributed by atoms with Crippen LogP contribution in [0.15, 0.2) is 0 Å². The van der Waals surface area contributed by atoms with Gasteiger partial charge >= 0.3 is 0 Å². The molecule has 5 N–H and O–H groups in total. The average molecular weight is 187 g/mol. The highest BCUT2D eigenvalue weighted by atomic mass is 15.7. The van der Waals surface area contributed by atoms with Crippen LogP contribution in [-0.4, -0.2) is 6.54 Å². The van der Waals surface area contributed by atoms with Crippen molar-refractivity contribution < 1.29 is 0 Å². The summed E-state index contributed by atoms with van der Waals surface area (Å²) in [5.41, 5.74) is 7.90. The second-order valence-electron chi connectivity index (χ2n) is 3.16. The molecule has 0 aliphatic rings. The molecule has 0 aromatic carbocycles. The third kappa shape index (κ3) is 11.8. The van der Waals surface area contributed by atoms with Gasteiger partial charge in [0, 0.05) is 6.54 Å². The monoisotopic (exact) mass is 187 g/mol. The Morgan fingerprint density at radius 1 is 1.08 bits per heavy atom. The summed E-state index contributed by atoms with van der Waals surface area (Å²) in [6, 6.07) is 0. The molecule has 0 aromatic heterocycles. The summed E-state index contributed by atoms with van der Waals surface area (Å²) in [5.74, 6) is 5.00. The van der Waals surface area contributed by atoms with Gasteiger partial charge in [0.15, 0.2) is 0 Å². The smallest absolute Gasteiger partial charge is 0.0113 e. The van der Waals surface area contributed by atoms with Crippen molar-refractivity contribution in [2.24, 2.45) is 5.84 Å². The maximum atomic E-state index is 5.00. The number of rotatable bonds is 10. The van der Waals surface area contributed by atoms with Crippen LogP contribution < -0.4 is 22.3 Å². The third-order valence-electron chi connectivity index (χ3n) is 1.96. The minimum atomic E-state index is 0.962.